The molecule has 0 aliphatic heterocycles. The second kappa shape index (κ2) is 41.7. The zero-order chi connectivity index (χ0) is 34.4. The molecule has 44 heavy (non-hydrogen) atoms. The fourth-order valence-electron chi connectivity index (χ4n) is 2.61. The zero-order valence-corrected chi connectivity index (χ0v) is 31.7. The quantitative estimate of drug-likeness (QED) is 0.0549. The van der Waals surface area contributed by atoms with Crippen LogP contribution in [0, 0.1) is 0 Å². The van der Waals surface area contributed by atoms with Crippen molar-refractivity contribution in [3.05, 3.63) is 0 Å². The van der Waals surface area contributed by atoms with Crippen molar-refractivity contribution >= 4 is 96.2 Å². The van der Waals surface area contributed by atoms with E-state index in [9.17, 15) is 28.8 Å². The van der Waals surface area contributed by atoms with Crippen molar-refractivity contribution in [3.63, 3.8) is 0 Å². The summed E-state index contributed by atoms with van der Waals surface area (Å²) in [5.41, 5.74) is 0. The molecule has 0 bridgehead atoms. The molecule has 0 aromatic heterocycles. The van der Waals surface area contributed by atoms with Gasteiger partial charge in [0.1, 0.15) is 0 Å². The van der Waals surface area contributed by atoms with Gasteiger partial charge in [0, 0.05) is 38.5 Å². The molecule has 0 aromatic carbocycles. The first kappa shape index (κ1) is 49.5. The molecule has 0 atom stereocenters. The molecule has 0 N–H and O–H groups in total. The standard InChI is InChI=1S/3C9H16O4S.CH3.Sn/c3*1-12-8(10)4-2-3-5-9(11)13-6-7-14;;/h3*14H,2-7H2,1H3;1H3;/q;;;;+3/p-3. The van der Waals surface area contributed by atoms with Gasteiger partial charge in [0.2, 0.25) is 0 Å². The molecule has 12 nitrogen and oxygen atoms in total. The predicted molar refractivity (Wildman–Crippen MR) is 173 cm³/mol. The molecule has 0 spiro atoms. The molecular formula is C28H48O12S3Sn. The molecule has 0 saturated heterocycles. The Balaban J connectivity index is -0.000000265. The summed E-state index contributed by atoms with van der Waals surface area (Å²) in [7, 11) is 4.04. The van der Waals surface area contributed by atoms with Gasteiger partial charge in [0.25, 0.3) is 0 Å². The topological polar surface area (TPSA) is 158 Å². The van der Waals surface area contributed by atoms with Crippen LogP contribution in [0.25, 0.3) is 0 Å². The summed E-state index contributed by atoms with van der Waals surface area (Å²) < 4.78 is 27.7. The third kappa shape index (κ3) is 45.1. The molecule has 0 aliphatic rings. The van der Waals surface area contributed by atoms with Gasteiger partial charge in [-0.25, -0.2) is 0 Å². The van der Waals surface area contributed by atoms with Crippen LogP contribution < -0.4 is 0 Å². The Labute approximate surface area is 292 Å². The molecule has 0 unspecified atom stereocenters. The molecule has 0 rings (SSSR count). The Bertz CT molecular complexity index is 648. The van der Waals surface area contributed by atoms with E-state index in [0.29, 0.717) is 114 Å². The minimum absolute atomic E-state index is 0.246. The summed E-state index contributed by atoms with van der Waals surface area (Å²) in [5, 5.41) is 0. The first-order valence-electron chi connectivity index (χ1n) is 14.0. The van der Waals surface area contributed by atoms with Gasteiger partial charge in [0.15, 0.2) is 0 Å². The molecule has 0 radical (unpaired) electrons. The fraction of sp³-hybridized carbons (Fsp3) is 0.786. The van der Waals surface area contributed by atoms with Gasteiger partial charge in [-0.1, -0.05) is 0 Å². The van der Waals surface area contributed by atoms with Gasteiger partial charge in [0.05, 0.1) is 41.2 Å². The zero-order valence-electron chi connectivity index (χ0n) is 26.4. The molecule has 16 heteroatoms. The van der Waals surface area contributed by atoms with Crippen molar-refractivity contribution in [3.8, 4) is 0 Å². The van der Waals surface area contributed by atoms with E-state index in [1.54, 1.807) is 22.5 Å². The van der Waals surface area contributed by atoms with E-state index in [1.807, 2.05) is 0 Å². The van der Waals surface area contributed by atoms with E-state index >= 15 is 0 Å². The maximum absolute atomic E-state index is 10.9. The van der Waals surface area contributed by atoms with Crippen molar-refractivity contribution in [2.45, 2.75) is 82.0 Å². The van der Waals surface area contributed by atoms with Crippen LogP contribution in [0.2, 0.25) is 4.94 Å². The fourth-order valence-corrected chi connectivity index (χ4v) is 2.86. The Morgan fingerprint density at radius 2 is 0.591 bits per heavy atom. The molecule has 0 amide bonds. The monoisotopic (exact) mass is 792 g/mol. The Hall–Kier alpha value is -1.33. The van der Waals surface area contributed by atoms with Crippen LogP contribution in [-0.2, 0) is 95.1 Å². The first-order valence-corrected chi connectivity index (χ1v) is 18.6. The van der Waals surface area contributed by atoms with Crippen molar-refractivity contribution in [2.24, 2.45) is 0 Å². The van der Waals surface area contributed by atoms with Crippen LogP contribution in [-0.4, -0.2) is 117 Å². The van der Waals surface area contributed by atoms with Gasteiger partial charge in [-0.05, 0) is 38.5 Å². The summed E-state index contributed by atoms with van der Waals surface area (Å²) in [6, 6.07) is 0. The number of hydrogen-bond donors (Lipinski definition) is 0. The molecule has 0 saturated carbocycles. The predicted octanol–water partition coefficient (Wildman–Crippen LogP) is 2.63. The van der Waals surface area contributed by atoms with Crippen LogP contribution in [0.5, 0.6) is 0 Å². The van der Waals surface area contributed by atoms with Crippen LogP contribution >= 0.6 is 0 Å². The van der Waals surface area contributed by atoms with Gasteiger partial charge >= 0.3 is 63.3 Å². The Morgan fingerprint density at radius 3 is 0.750 bits per heavy atom. The molecule has 0 fully saturated rings. The van der Waals surface area contributed by atoms with E-state index < -0.39 is 0 Å². The van der Waals surface area contributed by atoms with Gasteiger partial charge < -0.3 is 66.3 Å². The number of rotatable bonds is 21. The minimum atomic E-state index is -0.250. The van der Waals surface area contributed by atoms with Crippen molar-refractivity contribution < 1.29 is 57.2 Å². The SMILES string of the molecule is COC(=O)CCCCC(=O)OCC[S-].COC(=O)CCCCC(=O)OCC[S-].COC(=O)CCCCC(=O)OCC[S-].[CH3][Sn+3]. The molecular weight excluding hydrogens is 743 g/mol. The van der Waals surface area contributed by atoms with E-state index in [0.717, 1.165) is 0 Å². The van der Waals surface area contributed by atoms with E-state index in [4.69, 9.17) is 14.2 Å². The van der Waals surface area contributed by atoms with Crippen LogP contribution in [0.15, 0.2) is 0 Å². The molecule has 0 aromatic rings. The van der Waals surface area contributed by atoms with Crippen LogP contribution in [0.4, 0.5) is 0 Å². The average Bonchev–Trinajstić information content (AvgIpc) is 3.05. The normalized spacial score (nSPS) is 9.30. The Morgan fingerprint density at radius 1 is 0.409 bits per heavy atom. The summed E-state index contributed by atoms with van der Waals surface area (Å²) >= 11 is 15.4. The Kier molecular flexibility index (Phi) is 46.9. The molecule has 254 valence electrons. The third-order valence-corrected chi connectivity index (χ3v) is 5.26. The second-order valence-electron chi connectivity index (χ2n) is 8.12. The molecule has 0 heterocycles. The van der Waals surface area contributed by atoms with Crippen LogP contribution in [0.1, 0.15) is 77.0 Å². The van der Waals surface area contributed by atoms with Crippen molar-refractivity contribution in [2.75, 3.05) is 58.4 Å². The maximum atomic E-state index is 10.9. The summed E-state index contributed by atoms with van der Waals surface area (Å²) in [4.78, 5) is 66.9. The number of hydrogen-bond acceptors (Lipinski definition) is 15. The van der Waals surface area contributed by atoms with E-state index in [1.165, 1.54) is 21.3 Å². The number of ether oxygens (including phenoxy) is 6. The van der Waals surface area contributed by atoms with Gasteiger partial charge in [-0.2, -0.15) is 0 Å². The van der Waals surface area contributed by atoms with Gasteiger partial charge in [-0.3, -0.25) is 28.8 Å². The average molecular weight is 792 g/mol. The van der Waals surface area contributed by atoms with Crippen molar-refractivity contribution in [1.82, 2.24) is 0 Å². The summed E-state index contributed by atoms with van der Waals surface area (Å²) in [5.74, 6) is -0.216. The summed E-state index contributed by atoms with van der Waals surface area (Å²) in [6.45, 7) is 0.890. The first-order chi connectivity index (χ1) is 21.1. The number of methoxy groups -OCH3 is 3. The number of unbranched alkanes of at least 4 members (excludes halogenated alkanes) is 3. The number of carbonyl (C=O) groups excluding carboxylic acids is 6. The third-order valence-electron chi connectivity index (χ3n) is 4.76. The van der Waals surface area contributed by atoms with Crippen LogP contribution in [0.3, 0.4) is 0 Å². The number of esters is 6. The molecule has 0 aliphatic carbocycles. The van der Waals surface area contributed by atoms with Gasteiger partial charge in [-0.15, -0.1) is 17.3 Å². The van der Waals surface area contributed by atoms with E-state index in [-0.39, 0.29) is 35.8 Å². The second-order valence-corrected chi connectivity index (χ2v) is 9.35. The van der Waals surface area contributed by atoms with Crippen molar-refractivity contribution in [1.29, 1.82) is 0 Å². The number of carbonyl (C=O) groups is 6. The summed E-state index contributed by atoms with van der Waals surface area (Å²) in [6.07, 6.45) is 5.95. The van der Waals surface area contributed by atoms with E-state index in [2.05, 4.69) is 57.0 Å².